The first-order valence-corrected chi connectivity index (χ1v) is 9.95. The number of carbonyl (C=O) groups excluding carboxylic acids is 2. The van der Waals surface area contributed by atoms with E-state index in [9.17, 15) is 18.0 Å². The molecule has 1 aliphatic heterocycles. The maximum atomic E-state index is 12.7. The first-order valence-electron chi connectivity index (χ1n) is 8.47. The molecule has 0 fully saturated rings. The Morgan fingerprint density at radius 2 is 1.89 bits per heavy atom. The Balaban J connectivity index is 1.73. The second-order valence-electron chi connectivity index (χ2n) is 6.15. The Hall–Kier alpha value is -2.71. The normalized spacial score (nSPS) is 14.5. The lowest BCUT2D eigenvalue weighted by Gasteiger charge is -2.21. The monoisotopic (exact) mass is 388 g/mol. The number of nitrogens with one attached hydrogen (secondary N) is 1. The molecule has 0 saturated carbocycles. The number of anilines is 1. The molecule has 1 aliphatic rings. The zero-order chi connectivity index (χ0) is 19.6. The van der Waals surface area contributed by atoms with Crippen LogP contribution in [0.2, 0.25) is 0 Å². The van der Waals surface area contributed by atoms with E-state index in [2.05, 4.69) is 4.72 Å². The van der Waals surface area contributed by atoms with Gasteiger partial charge in [0.2, 0.25) is 10.0 Å². The van der Waals surface area contributed by atoms with Gasteiger partial charge in [0.05, 0.1) is 10.5 Å². The van der Waals surface area contributed by atoms with Crippen LogP contribution in [-0.4, -0.2) is 40.0 Å². The van der Waals surface area contributed by atoms with Crippen molar-refractivity contribution in [3.63, 3.8) is 0 Å². The summed E-state index contributed by atoms with van der Waals surface area (Å²) >= 11 is 0. The number of benzene rings is 2. The lowest BCUT2D eigenvalue weighted by molar-refractivity contribution is -0.126. The topological polar surface area (TPSA) is 92.8 Å². The summed E-state index contributed by atoms with van der Waals surface area (Å²) in [6.45, 7) is 2.05. The summed E-state index contributed by atoms with van der Waals surface area (Å²) < 4.78 is 31.2. The fourth-order valence-electron chi connectivity index (χ4n) is 2.97. The second kappa shape index (κ2) is 7.50. The maximum absolute atomic E-state index is 12.7. The molecule has 0 saturated heterocycles. The third-order valence-electron chi connectivity index (χ3n) is 4.43. The highest BCUT2D eigenvalue weighted by atomic mass is 32.2. The van der Waals surface area contributed by atoms with Gasteiger partial charge in [0.15, 0.2) is 6.10 Å². The minimum Gasteiger partial charge on any atom is -0.449 e. The molecule has 0 bridgehead atoms. The lowest BCUT2D eigenvalue weighted by Crippen LogP contribution is -2.39. The molecule has 0 aliphatic carbocycles. The van der Waals surface area contributed by atoms with Crippen molar-refractivity contribution in [3.05, 3.63) is 59.7 Å². The molecule has 8 heteroatoms. The Morgan fingerprint density at radius 3 is 2.63 bits per heavy atom. The molecule has 1 amide bonds. The lowest BCUT2D eigenvalue weighted by atomic mass is 10.2. The van der Waals surface area contributed by atoms with Crippen LogP contribution < -0.4 is 9.62 Å². The van der Waals surface area contributed by atoms with E-state index in [1.807, 2.05) is 24.3 Å². The van der Waals surface area contributed by atoms with Crippen LogP contribution in [-0.2, 0) is 26.0 Å². The van der Waals surface area contributed by atoms with E-state index >= 15 is 0 Å². The number of hydrogen-bond donors (Lipinski definition) is 1. The van der Waals surface area contributed by atoms with Crippen molar-refractivity contribution >= 4 is 27.6 Å². The van der Waals surface area contributed by atoms with Crippen molar-refractivity contribution in [2.75, 3.05) is 18.5 Å². The molecule has 7 nitrogen and oxygen atoms in total. The van der Waals surface area contributed by atoms with Crippen molar-refractivity contribution in [1.29, 1.82) is 0 Å². The highest BCUT2D eigenvalue weighted by Gasteiger charge is 2.30. The van der Waals surface area contributed by atoms with E-state index in [4.69, 9.17) is 4.74 Å². The fraction of sp³-hybridized carbons (Fsp3) is 0.263. The highest BCUT2D eigenvalue weighted by Crippen LogP contribution is 2.28. The van der Waals surface area contributed by atoms with Gasteiger partial charge in [-0.25, -0.2) is 17.9 Å². The molecule has 142 valence electrons. The fourth-order valence-corrected chi connectivity index (χ4v) is 3.75. The molecule has 2 aromatic carbocycles. The van der Waals surface area contributed by atoms with Gasteiger partial charge >= 0.3 is 5.97 Å². The van der Waals surface area contributed by atoms with E-state index in [1.54, 1.807) is 4.90 Å². The minimum atomic E-state index is -3.68. The molecule has 3 rings (SSSR count). The molecule has 1 unspecified atom stereocenters. The van der Waals surface area contributed by atoms with Crippen molar-refractivity contribution in [3.8, 4) is 0 Å². The van der Waals surface area contributed by atoms with Crippen LogP contribution in [0.4, 0.5) is 5.69 Å². The Kier molecular flexibility index (Phi) is 5.29. The number of hydrogen-bond acceptors (Lipinski definition) is 5. The maximum Gasteiger partial charge on any atom is 0.338 e. The van der Waals surface area contributed by atoms with E-state index in [-0.39, 0.29) is 16.4 Å². The number of ether oxygens (including phenoxy) is 1. The Morgan fingerprint density at radius 1 is 1.15 bits per heavy atom. The molecular formula is C19H20N2O5S. The summed E-state index contributed by atoms with van der Waals surface area (Å²) in [5, 5.41) is 0. The Labute approximate surface area is 158 Å². The van der Waals surface area contributed by atoms with Crippen LogP contribution in [0.15, 0.2) is 53.4 Å². The third kappa shape index (κ3) is 3.86. The van der Waals surface area contributed by atoms with Gasteiger partial charge in [-0.1, -0.05) is 24.3 Å². The van der Waals surface area contributed by atoms with Gasteiger partial charge in [0.25, 0.3) is 5.91 Å². The van der Waals surface area contributed by atoms with E-state index in [0.717, 1.165) is 17.7 Å². The molecule has 1 N–H and O–H groups in total. The van der Waals surface area contributed by atoms with Crippen LogP contribution in [0.3, 0.4) is 0 Å². The highest BCUT2D eigenvalue weighted by molar-refractivity contribution is 7.89. The number of amides is 1. The standard InChI is InChI=1S/C19H20N2O5S/c1-13(18(22)21-11-10-14-6-3-4-9-17(14)21)26-19(23)15-7-5-8-16(12-15)27(24,25)20-2/h3-9,12-13,20H,10-11H2,1-2H3. The number of nitrogens with zero attached hydrogens (tertiary/aromatic N) is 1. The number of fused-ring (bicyclic) bond motifs is 1. The summed E-state index contributed by atoms with van der Waals surface area (Å²) in [6.07, 6.45) is -0.236. The van der Waals surface area contributed by atoms with Gasteiger partial charge in [0.1, 0.15) is 0 Å². The number of carbonyl (C=O) groups is 2. The second-order valence-corrected chi connectivity index (χ2v) is 8.04. The summed E-state index contributed by atoms with van der Waals surface area (Å²) in [4.78, 5) is 26.6. The smallest absolute Gasteiger partial charge is 0.338 e. The van der Waals surface area contributed by atoms with Crippen LogP contribution >= 0.6 is 0 Å². The van der Waals surface area contributed by atoms with E-state index < -0.39 is 22.1 Å². The number of esters is 1. The van der Waals surface area contributed by atoms with Gasteiger partial charge in [-0.15, -0.1) is 0 Å². The zero-order valence-electron chi connectivity index (χ0n) is 15.0. The quantitative estimate of drug-likeness (QED) is 0.788. The molecule has 27 heavy (non-hydrogen) atoms. The van der Waals surface area contributed by atoms with Gasteiger partial charge < -0.3 is 9.64 Å². The molecule has 0 aromatic heterocycles. The average molecular weight is 388 g/mol. The van der Waals surface area contributed by atoms with Gasteiger partial charge in [-0.05, 0) is 50.2 Å². The van der Waals surface area contributed by atoms with Crippen molar-refractivity contribution in [1.82, 2.24) is 4.72 Å². The average Bonchev–Trinajstić information content (AvgIpc) is 3.11. The predicted molar refractivity (Wildman–Crippen MR) is 100 cm³/mol. The van der Waals surface area contributed by atoms with Crippen molar-refractivity contribution in [2.24, 2.45) is 0 Å². The SMILES string of the molecule is CNS(=O)(=O)c1cccc(C(=O)OC(C)C(=O)N2CCc3ccccc32)c1. The summed E-state index contributed by atoms with van der Waals surface area (Å²) in [5.41, 5.74) is 1.97. The van der Waals surface area contributed by atoms with Gasteiger partial charge in [-0.2, -0.15) is 0 Å². The van der Waals surface area contributed by atoms with E-state index in [1.165, 1.54) is 38.2 Å². The van der Waals surface area contributed by atoms with Gasteiger partial charge in [0, 0.05) is 12.2 Å². The molecule has 2 aromatic rings. The summed E-state index contributed by atoms with van der Waals surface area (Å²) in [7, 11) is -2.39. The first kappa shape index (κ1) is 19.1. The predicted octanol–water partition coefficient (Wildman–Crippen LogP) is 1.73. The number of rotatable bonds is 5. The molecular weight excluding hydrogens is 368 g/mol. The van der Waals surface area contributed by atoms with Crippen molar-refractivity contribution in [2.45, 2.75) is 24.3 Å². The largest absolute Gasteiger partial charge is 0.449 e. The number of para-hydroxylation sites is 1. The Bertz CT molecular complexity index is 987. The third-order valence-corrected chi connectivity index (χ3v) is 5.85. The molecule has 1 atom stereocenters. The van der Waals surface area contributed by atoms with Crippen LogP contribution in [0.25, 0.3) is 0 Å². The van der Waals surface area contributed by atoms with Crippen LogP contribution in [0, 0.1) is 0 Å². The van der Waals surface area contributed by atoms with Crippen LogP contribution in [0.1, 0.15) is 22.8 Å². The van der Waals surface area contributed by atoms with Gasteiger partial charge in [-0.3, -0.25) is 4.79 Å². The molecule has 0 spiro atoms. The van der Waals surface area contributed by atoms with Crippen molar-refractivity contribution < 1.29 is 22.7 Å². The van der Waals surface area contributed by atoms with Crippen LogP contribution in [0.5, 0.6) is 0 Å². The molecule has 1 heterocycles. The number of sulfonamides is 1. The summed E-state index contributed by atoms with van der Waals surface area (Å²) in [5.74, 6) is -1.07. The minimum absolute atomic E-state index is 0.0492. The zero-order valence-corrected chi connectivity index (χ0v) is 15.8. The first-order chi connectivity index (χ1) is 12.8. The summed E-state index contributed by atoms with van der Waals surface area (Å²) in [6, 6.07) is 13.1. The van der Waals surface area contributed by atoms with E-state index in [0.29, 0.717) is 6.54 Å². The molecule has 0 radical (unpaired) electrons.